The maximum Gasteiger partial charge on any atom is 0.145 e. The van der Waals surface area contributed by atoms with Gasteiger partial charge in [-0.3, -0.25) is 0 Å². The molecule has 0 saturated heterocycles. The van der Waals surface area contributed by atoms with E-state index >= 15 is 0 Å². The first-order valence-electron chi connectivity index (χ1n) is 6.47. The van der Waals surface area contributed by atoms with E-state index in [0.29, 0.717) is 0 Å². The minimum Gasteiger partial charge on any atom is -0.508 e. The number of nitrogens with zero attached hydrogens (tertiary/aromatic N) is 2. The lowest BCUT2D eigenvalue weighted by Gasteiger charge is -2.10. The van der Waals surface area contributed by atoms with E-state index in [-0.39, 0.29) is 5.75 Å². The van der Waals surface area contributed by atoms with Crippen molar-refractivity contribution in [2.75, 3.05) is 23.7 Å². The molecule has 1 aromatic carbocycles. The lowest BCUT2D eigenvalue weighted by atomic mass is 10.1. The molecule has 2 rings (SSSR count). The highest BCUT2D eigenvalue weighted by atomic mass is 79.9. The number of nitrogens with one attached hydrogen (secondary N) is 2. The highest BCUT2D eigenvalue weighted by Crippen LogP contribution is 2.26. The van der Waals surface area contributed by atoms with E-state index < -0.39 is 0 Å². The van der Waals surface area contributed by atoms with Crippen LogP contribution in [0.15, 0.2) is 35.1 Å². The van der Waals surface area contributed by atoms with Gasteiger partial charge < -0.3 is 15.7 Å². The molecule has 1 heterocycles. The van der Waals surface area contributed by atoms with Gasteiger partial charge >= 0.3 is 0 Å². The lowest BCUT2D eigenvalue weighted by molar-refractivity contribution is 0.475. The standard InChI is InChI=1S/C14H17BrN4O/c1-2-16-13-12(15)14(19-9-18-13)17-8-7-10-3-5-11(20)6-4-10/h3-6,9,20H,2,7-8H2,1H3,(H2,16,17,18,19). The van der Waals surface area contributed by atoms with E-state index in [4.69, 9.17) is 0 Å². The molecule has 0 aliphatic rings. The van der Waals surface area contributed by atoms with Crippen LogP contribution in [0.25, 0.3) is 0 Å². The average Bonchev–Trinajstić information content (AvgIpc) is 2.45. The smallest absolute Gasteiger partial charge is 0.145 e. The number of phenolic OH excluding ortho intramolecular Hbond substituents is 1. The second kappa shape index (κ2) is 7.09. The normalized spacial score (nSPS) is 10.3. The van der Waals surface area contributed by atoms with Crippen LogP contribution >= 0.6 is 15.9 Å². The summed E-state index contributed by atoms with van der Waals surface area (Å²) in [6, 6.07) is 7.21. The van der Waals surface area contributed by atoms with Gasteiger partial charge in [0.1, 0.15) is 28.2 Å². The molecule has 106 valence electrons. The SMILES string of the molecule is CCNc1ncnc(NCCc2ccc(O)cc2)c1Br. The molecule has 0 aliphatic heterocycles. The van der Waals surface area contributed by atoms with Crippen LogP contribution in [0, 0.1) is 0 Å². The van der Waals surface area contributed by atoms with Gasteiger partial charge in [-0.2, -0.15) is 0 Å². The molecule has 6 heteroatoms. The molecule has 0 spiro atoms. The highest BCUT2D eigenvalue weighted by molar-refractivity contribution is 9.10. The number of anilines is 2. The minimum absolute atomic E-state index is 0.288. The van der Waals surface area contributed by atoms with E-state index in [1.165, 1.54) is 6.33 Å². The van der Waals surface area contributed by atoms with Gasteiger partial charge in [0.25, 0.3) is 0 Å². The molecule has 2 aromatic rings. The third-order valence-corrected chi connectivity index (χ3v) is 3.53. The van der Waals surface area contributed by atoms with Crippen LogP contribution in [0.4, 0.5) is 11.6 Å². The zero-order valence-electron chi connectivity index (χ0n) is 11.2. The molecule has 3 N–H and O–H groups in total. The summed E-state index contributed by atoms with van der Waals surface area (Å²) in [5.41, 5.74) is 1.16. The van der Waals surface area contributed by atoms with Crippen LogP contribution in [-0.2, 0) is 6.42 Å². The summed E-state index contributed by atoms with van der Waals surface area (Å²) < 4.78 is 0.840. The summed E-state index contributed by atoms with van der Waals surface area (Å²) in [7, 11) is 0. The molecule has 0 radical (unpaired) electrons. The van der Waals surface area contributed by atoms with E-state index in [2.05, 4.69) is 36.5 Å². The maximum absolute atomic E-state index is 9.23. The second-order valence-corrected chi connectivity index (χ2v) is 5.05. The fraction of sp³-hybridized carbons (Fsp3) is 0.286. The summed E-state index contributed by atoms with van der Waals surface area (Å²) in [6.45, 7) is 3.58. The summed E-state index contributed by atoms with van der Waals surface area (Å²) in [4.78, 5) is 8.39. The molecule has 0 atom stereocenters. The first-order chi connectivity index (χ1) is 9.70. The van der Waals surface area contributed by atoms with Crippen molar-refractivity contribution >= 4 is 27.6 Å². The molecule has 0 fully saturated rings. The summed E-state index contributed by atoms with van der Waals surface area (Å²) in [5, 5.41) is 15.7. The first kappa shape index (κ1) is 14.6. The molecular formula is C14H17BrN4O. The topological polar surface area (TPSA) is 70.1 Å². The predicted octanol–water partition coefficient (Wildman–Crippen LogP) is 3.03. The highest BCUT2D eigenvalue weighted by Gasteiger charge is 2.07. The molecule has 0 saturated carbocycles. The second-order valence-electron chi connectivity index (χ2n) is 4.26. The zero-order chi connectivity index (χ0) is 14.4. The number of hydrogen-bond acceptors (Lipinski definition) is 5. The van der Waals surface area contributed by atoms with Gasteiger partial charge in [0.05, 0.1) is 0 Å². The Kier molecular flexibility index (Phi) is 5.17. The van der Waals surface area contributed by atoms with Gasteiger partial charge in [0.2, 0.25) is 0 Å². The third-order valence-electron chi connectivity index (χ3n) is 2.78. The number of rotatable bonds is 6. The number of aromatic nitrogens is 2. The molecule has 0 bridgehead atoms. The van der Waals surface area contributed by atoms with Gasteiger partial charge in [0.15, 0.2) is 0 Å². The van der Waals surface area contributed by atoms with E-state index in [9.17, 15) is 5.11 Å². The number of benzene rings is 1. The van der Waals surface area contributed by atoms with Crippen molar-refractivity contribution in [3.63, 3.8) is 0 Å². The monoisotopic (exact) mass is 336 g/mol. The van der Waals surface area contributed by atoms with E-state index in [0.717, 1.165) is 41.2 Å². The van der Waals surface area contributed by atoms with Crippen molar-refractivity contribution < 1.29 is 5.11 Å². The molecule has 0 unspecified atom stereocenters. The van der Waals surface area contributed by atoms with E-state index in [1.807, 2.05) is 19.1 Å². The van der Waals surface area contributed by atoms with Gasteiger partial charge in [-0.15, -0.1) is 0 Å². The predicted molar refractivity (Wildman–Crippen MR) is 84.2 cm³/mol. The molecular weight excluding hydrogens is 320 g/mol. The summed E-state index contributed by atoms with van der Waals surface area (Å²) in [6.07, 6.45) is 2.39. The van der Waals surface area contributed by atoms with Crippen LogP contribution < -0.4 is 10.6 Å². The van der Waals surface area contributed by atoms with Crippen molar-refractivity contribution in [1.82, 2.24) is 9.97 Å². The number of halogens is 1. The van der Waals surface area contributed by atoms with Crippen molar-refractivity contribution in [2.24, 2.45) is 0 Å². The summed E-state index contributed by atoms with van der Waals surface area (Å²) in [5.74, 6) is 1.85. The summed E-state index contributed by atoms with van der Waals surface area (Å²) >= 11 is 3.50. The van der Waals surface area contributed by atoms with Crippen LogP contribution in [0.3, 0.4) is 0 Å². The quantitative estimate of drug-likeness (QED) is 0.756. The van der Waals surface area contributed by atoms with Crippen molar-refractivity contribution in [1.29, 1.82) is 0 Å². The van der Waals surface area contributed by atoms with Gasteiger partial charge in [0, 0.05) is 13.1 Å². The first-order valence-corrected chi connectivity index (χ1v) is 7.26. The van der Waals surface area contributed by atoms with Gasteiger partial charge in [-0.1, -0.05) is 12.1 Å². The minimum atomic E-state index is 0.288. The Balaban J connectivity index is 1.94. The fourth-order valence-corrected chi connectivity index (χ4v) is 2.26. The van der Waals surface area contributed by atoms with Gasteiger partial charge in [-0.05, 0) is 47.0 Å². The third kappa shape index (κ3) is 3.84. The van der Waals surface area contributed by atoms with Crippen LogP contribution in [0.5, 0.6) is 5.75 Å². The largest absolute Gasteiger partial charge is 0.508 e. The molecule has 20 heavy (non-hydrogen) atoms. The van der Waals surface area contributed by atoms with Crippen molar-refractivity contribution in [3.05, 3.63) is 40.6 Å². The Morgan fingerprint density at radius 3 is 2.40 bits per heavy atom. The van der Waals surface area contributed by atoms with Crippen LogP contribution in [0.1, 0.15) is 12.5 Å². The number of hydrogen-bond donors (Lipinski definition) is 3. The Hall–Kier alpha value is -1.82. The van der Waals surface area contributed by atoms with Crippen LogP contribution in [-0.4, -0.2) is 28.2 Å². The molecule has 1 aromatic heterocycles. The molecule has 0 amide bonds. The lowest BCUT2D eigenvalue weighted by Crippen LogP contribution is -2.09. The zero-order valence-corrected chi connectivity index (χ0v) is 12.8. The Morgan fingerprint density at radius 1 is 1.10 bits per heavy atom. The Morgan fingerprint density at radius 2 is 1.75 bits per heavy atom. The van der Waals surface area contributed by atoms with Gasteiger partial charge in [-0.25, -0.2) is 9.97 Å². The maximum atomic E-state index is 9.23. The average molecular weight is 337 g/mol. The van der Waals surface area contributed by atoms with E-state index in [1.54, 1.807) is 12.1 Å². The van der Waals surface area contributed by atoms with Crippen LogP contribution in [0.2, 0.25) is 0 Å². The van der Waals surface area contributed by atoms with Crippen molar-refractivity contribution in [3.8, 4) is 5.75 Å². The number of phenols is 1. The number of aromatic hydroxyl groups is 1. The molecule has 5 nitrogen and oxygen atoms in total. The fourth-order valence-electron chi connectivity index (χ4n) is 1.77. The Bertz CT molecular complexity index is 560. The van der Waals surface area contributed by atoms with Crippen molar-refractivity contribution in [2.45, 2.75) is 13.3 Å². The Labute approximate surface area is 126 Å². The molecule has 0 aliphatic carbocycles.